The summed E-state index contributed by atoms with van der Waals surface area (Å²) in [6.07, 6.45) is 6.29. The summed E-state index contributed by atoms with van der Waals surface area (Å²) in [5.74, 6) is 0. The normalized spacial score (nSPS) is 17.1. The Hall–Kier alpha value is -0.350. The first-order valence-corrected chi connectivity index (χ1v) is 7.62. The average Bonchev–Trinajstić information content (AvgIpc) is 2.42. The quantitative estimate of drug-likeness (QED) is 0.846. The van der Waals surface area contributed by atoms with Crippen molar-refractivity contribution >= 4 is 23.2 Å². The highest BCUT2D eigenvalue weighted by atomic mass is 35.5. The molecule has 0 radical (unpaired) electrons. The number of aliphatic hydroxyl groups is 1. The molecule has 0 atom stereocenters. The van der Waals surface area contributed by atoms with Gasteiger partial charge in [-0.1, -0.05) is 48.5 Å². The fraction of sp³-hybridized carbons (Fsp3) is 0.643. The Balaban J connectivity index is 2.06. The van der Waals surface area contributed by atoms with Crippen LogP contribution in [0.15, 0.2) is 12.1 Å². The molecule has 1 aromatic heterocycles. The van der Waals surface area contributed by atoms with E-state index < -0.39 is 0 Å². The maximum Gasteiger partial charge on any atom is 0.135 e. The first-order chi connectivity index (χ1) is 9.20. The van der Waals surface area contributed by atoms with E-state index in [2.05, 4.69) is 9.88 Å². The minimum atomic E-state index is 0.176. The molecular formula is C14H20Cl2N2O. The Morgan fingerprint density at radius 2 is 1.95 bits per heavy atom. The molecule has 19 heavy (non-hydrogen) atoms. The van der Waals surface area contributed by atoms with Crippen molar-refractivity contribution in [3.63, 3.8) is 0 Å². The monoisotopic (exact) mass is 302 g/mol. The number of aliphatic hydroxyl groups excluding tert-OH is 1. The lowest BCUT2D eigenvalue weighted by Gasteiger charge is -2.34. The molecular weight excluding hydrogens is 283 g/mol. The van der Waals surface area contributed by atoms with Gasteiger partial charge in [-0.15, -0.1) is 0 Å². The molecule has 0 saturated heterocycles. The van der Waals surface area contributed by atoms with Gasteiger partial charge in [-0.3, -0.25) is 4.90 Å². The third-order valence-electron chi connectivity index (χ3n) is 3.74. The van der Waals surface area contributed by atoms with Crippen LogP contribution < -0.4 is 0 Å². The van der Waals surface area contributed by atoms with Crippen molar-refractivity contribution in [2.24, 2.45) is 0 Å². The maximum absolute atomic E-state index is 9.25. The molecule has 1 N–H and O–H groups in total. The van der Waals surface area contributed by atoms with E-state index in [9.17, 15) is 5.11 Å². The van der Waals surface area contributed by atoms with Gasteiger partial charge in [0.15, 0.2) is 0 Å². The van der Waals surface area contributed by atoms with E-state index in [0.29, 0.717) is 22.9 Å². The highest BCUT2D eigenvalue weighted by Crippen LogP contribution is 2.25. The largest absolute Gasteiger partial charge is 0.395 e. The molecule has 0 amide bonds. The Morgan fingerprint density at radius 1 is 1.21 bits per heavy atom. The third kappa shape index (κ3) is 4.32. The van der Waals surface area contributed by atoms with Crippen LogP contribution in [0.5, 0.6) is 0 Å². The molecule has 1 aromatic rings. The summed E-state index contributed by atoms with van der Waals surface area (Å²) in [7, 11) is 0. The molecule has 0 aromatic carbocycles. The number of hydrogen-bond acceptors (Lipinski definition) is 3. The molecule has 5 heteroatoms. The smallest absolute Gasteiger partial charge is 0.135 e. The van der Waals surface area contributed by atoms with Gasteiger partial charge >= 0.3 is 0 Å². The molecule has 1 saturated carbocycles. The minimum absolute atomic E-state index is 0.176. The second-order valence-electron chi connectivity index (χ2n) is 5.07. The van der Waals surface area contributed by atoms with E-state index in [4.69, 9.17) is 23.2 Å². The van der Waals surface area contributed by atoms with Gasteiger partial charge in [-0.05, 0) is 18.9 Å². The summed E-state index contributed by atoms with van der Waals surface area (Å²) in [5.41, 5.74) is 0.977. The number of rotatable bonds is 5. The molecule has 106 valence electrons. The van der Waals surface area contributed by atoms with Crippen molar-refractivity contribution in [1.29, 1.82) is 0 Å². The summed E-state index contributed by atoms with van der Waals surface area (Å²) in [6, 6.07) is 4.23. The Labute approximate surface area is 124 Å². The van der Waals surface area contributed by atoms with Crippen LogP contribution >= 0.6 is 23.2 Å². The Kier molecular flexibility index (Phi) is 5.89. The first kappa shape index (κ1) is 15.0. The number of nitrogens with zero attached hydrogens (tertiary/aromatic N) is 2. The highest BCUT2D eigenvalue weighted by Gasteiger charge is 2.21. The van der Waals surface area contributed by atoms with Gasteiger partial charge in [0.05, 0.1) is 6.61 Å². The molecule has 3 nitrogen and oxygen atoms in total. The van der Waals surface area contributed by atoms with Gasteiger partial charge in [0.25, 0.3) is 0 Å². The Bertz CT molecular complexity index is 408. The lowest BCUT2D eigenvalue weighted by Crippen LogP contribution is -2.38. The average molecular weight is 303 g/mol. The lowest BCUT2D eigenvalue weighted by molar-refractivity contribution is 0.117. The van der Waals surface area contributed by atoms with Crippen LogP contribution in [0, 0.1) is 0 Å². The van der Waals surface area contributed by atoms with E-state index >= 15 is 0 Å². The molecule has 1 heterocycles. The van der Waals surface area contributed by atoms with Crippen LogP contribution in [0.4, 0.5) is 0 Å². The van der Waals surface area contributed by atoms with Crippen molar-refractivity contribution < 1.29 is 5.11 Å². The van der Waals surface area contributed by atoms with Crippen LogP contribution in [0.1, 0.15) is 37.7 Å². The van der Waals surface area contributed by atoms with Gasteiger partial charge in [0.2, 0.25) is 0 Å². The van der Waals surface area contributed by atoms with E-state index in [-0.39, 0.29) is 6.61 Å². The molecule has 0 aliphatic heterocycles. The zero-order chi connectivity index (χ0) is 13.7. The van der Waals surface area contributed by atoms with Crippen molar-refractivity contribution in [3.05, 3.63) is 28.0 Å². The van der Waals surface area contributed by atoms with Gasteiger partial charge in [-0.2, -0.15) is 0 Å². The van der Waals surface area contributed by atoms with Gasteiger partial charge in [0, 0.05) is 24.7 Å². The summed E-state index contributed by atoms with van der Waals surface area (Å²) in [4.78, 5) is 6.39. The fourth-order valence-corrected chi connectivity index (χ4v) is 3.15. The molecule has 1 fully saturated rings. The van der Waals surface area contributed by atoms with Crippen LogP contribution in [-0.4, -0.2) is 34.2 Å². The second kappa shape index (κ2) is 7.44. The zero-order valence-electron chi connectivity index (χ0n) is 11.0. The third-order valence-corrected chi connectivity index (χ3v) is 4.28. The van der Waals surface area contributed by atoms with Crippen LogP contribution in [-0.2, 0) is 6.54 Å². The Morgan fingerprint density at radius 3 is 2.58 bits per heavy atom. The van der Waals surface area contributed by atoms with Crippen molar-refractivity contribution in [1.82, 2.24) is 9.88 Å². The minimum Gasteiger partial charge on any atom is -0.395 e. The van der Waals surface area contributed by atoms with E-state index in [1.807, 2.05) is 6.07 Å². The highest BCUT2D eigenvalue weighted by molar-refractivity contribution is 6.32. The summed E-state index contributed by atoms with van der Waals surface area (Å²) in [5, 5.41) is 10.1. The summed E-state index contributed by atoms with van der Waals surface area (Å²) < 4.78 is 0. The van der Waals surface area contributed by atoms with Crippen LogP contribution in [0.3, 0.4) is 0 Å². The summed E-state index contributed by atoms with van der Waals surface area (Å²) >= 11 is 11.9. The SMILES string of the molecule is OCCN(Cc1ccc(Cl)nc1Cl)C1CCCCC1. The molecule has 2 rings (SSSR count). The summed E-state index contributed by atoms with van der Waals surface area (Å²) in [6.45, 7) is 1.59. The van der Waals surface area contributed by atoms with Crippen LogP contribution in [0.2, 0.25) is 10.3 Å². The van der Waals surface area contributed by atoms with Gasteiger partial charge in [-0.25, -0.2) is 4.98 Å². The van der Waals surface area contributed by atoms with Crippen molar-refractivity contribution in [2.45, 2.75) is 44.7 Å². The van der Waals surface area contributed by atoms with Crippen molar-refractivity contribution in [2.75, 3.05) is 13.2 Å². The zero-order valence-corrected chi connectivity index (χ0v) is 12.5. The number of pyridine rings is 1. The molecule has 0 unspecified atom stereocenters. The van der Waals surface area contributed by atoms with Gasteiger partial charge in [0.1, 0.15) is 10.3 Å². The topological polar surface area (TPSA) is 36.4 Å². The fourth-order valence-electron chi connectivity index (χ4n) is 2.74. The number of hydrogen-bond donors (Lipinski definition) is 1. The predicted molar refractivity (Wildman–Crippen MR) is 78.6 cm³/mol. The van der Waals surface area contributed by atoms with Crippen molar-refractivity contribution in [3.8, 4) is 0 Å². The van der Waals surface area contributed by atoms with Gasteiger partial charge < -0.3 is 5.11 Å². The second-order valence-corrected chi connectivity index (χ2v) is 5.82. The number of halogens is 2. The standard InChI is InChI=1S/C14H20Cl2N2O/c15-13-7-6-11(14(16)17-13)10-18(8-9-19)12-4-2-1-3-5-12/h6-7,12,19H,1-5,8-10H2. The lowest BCUT2D eigenvalue weighted by atomic mass is 9.94. The molecule has 0 bridgehead atoms. The molecule has 1 aliphatic rings. The predicted octanol–water partition coefficient (Wildman–Crippen LogP) is 3.52. The van der Waals surface area contributed by atoms with E-state index in [1.165, 1.54) is 32.1 Å². The van der Waals surface area contributed by atoms with E-state index in [1.54, 1.807) is 6.07 Å². The molecule has 1 aliphatic carbocycles. The van der Waals surface area contributed by atoms with E-state index in [0.717, 1.165) is 12.1 Å². The first-order valence-electron chi connectivity index (χ1n) is 6.86. The number of aromatic nitrogens is 1. The maximum atomic E-state index is 9.25. The molecule has 0 spiro atoms. The van der Waals surface area contributed by atoms with Crippen LogP contribution in [0.25, 0.3) is 0 Å².